The number of carbonyl (C=O) groups is 1. The van der Waals surface area contributed by atoms with E-state index >= 15 is 0 Å². The molecule has 1 aliphatic heterocycles. The maximum atomic E-state index is 13.4. The van der Waals surface area contributed by atoms with Crippen molar-refractivity contribution in [2.24, 2.45) is 7.05 Å². The van der Waals surface area contributed by atoms with Gasteiger partial charge in [-0.05, 0) is 62.9 Å². The largest absolute Gasteiger partial charge is 0.391 e. The second-order valence-electron chi connectivity index (χ2n) is 11.9. The van der Waals surface area contributed by atoms with Gasteiger partial charge in [-0.15, -0.1) is 0 Å². The van der Waals surface area contributed by atoms with Crippen LogP contribution in [0.4, 0.5) is 5.82 Å². The lowest BCUT2D eigenvalue weighted by molar-refractivity contribution is 0.0739. The fraction of sp³-hybridized carbons (Fsp3) is 0.333. The predicted octanol–water partition coefficient (Wildman–Crippen LogP) is 4.46. The van der Waals surface area contributed by atoms with Crippen LogP contribution >= 0.6 is 0 Å². The molecule has 1 amide bonds. The summed E-state index contributed by atoms with van der Waals surface area (Å²) < 4.78 is 3.75. The van der Waals surface area contributed by atoms with Crippen LogP contribution in [0, 0.1) is 13.8 Å². The molecule has 10 heteroatoms. The van der Waals surface area contributed by atoms with Gasteiger partial charge in [-0.25, -0.2) is 9.97 Å². The van der Waals surface area contributed by atoms with Gasteiger partial charge in [0.2, 0.25) is 0 Å². The van der Waals surface area contributed by atoms with Gasteiger partial charge >= 0.3 is 0 Å². The third kappa shape index (κ3) is 5.51. The monoisotopic (exact) mass is 579 g/mol. The highest BCUT2D eigenvalue weighted by atomic mass is 16.3. The Balaban J connectivity index is 1.39. The molecular weight excluding hydrogens is 542 g/mol. The van der Waals surface area contributed by atoms with Crippen LogP contribution in [0.1, 0.15) is 53.1 Å². The fourth-order valence-electron chi connectivity index (χ4n) is 5.66. The summed E-state index contributed by atoms with van der Waals surface area (Å²) in [6, 6.07) is 15.8. The third-order valence-electron chi connectivity index (χ3n) is 8.08. The molecule has 0 unspecified atom stereocenters. The first kappa shape index (κ1) is 28.6. The number of nitrogens with zero attached hydrogens (tertiary/aromatic N) is 6. The molecule has 43 heavy (non-hydrogen) atoms. The molecule has 10 nitrogen and oxygen atoms in total. The number of fused-ring (bicyclic) bond motifs is 1. The van der Waals surface area contributed by atoms with E-state index in [1.807, 2.05) is 68.1 Å². The number of likely N-dealkylation sites (tertiary alicyclic amines) is 1. The van der Waals surface area contributed by atoms with E-state index in [0.29, 0.717) is 48.8 Å². The number of rotatable bonds is 7. The minimum absolute atomic E-state index is 0.0923. The standard InChI is InChI=1S/C33H37N7O3/c1-20-9-10-23(16-26(20)32(42)39-13-11-25(41)19-39)29-21(2)37-40-28(17-27(33(3,4)43)36-31(29)40)35-18-22-7-6-8-24(15-22)30-34-12-14-38(30)5/h6-10,12,14-17,25,35,41,43H,11,13,18-19H2,1-5H3/t25-/m0/s1. The van der Waals surface area contributed by atoms with Crippen molar-refractivity contribution in [1.82, 2.24) is 29.0 Å². The lowest BCUT2D eigenvalue weighted by atomic mass is 9.98. The molecule has 2 aromatic carbocycles. The van der Waals surface area contributed by atoms with Crippen LogP contribution in [0.2, 0.25) is 0 Å². The molecule has 222 valence electrons. The number of nitrogens with one attached hydrogen (secondary N) is 1. The van der Waals surface area contributed by atoms with Crippen LogP contribution in [0.15, 0.2) is 60.9 Å². The van der Waals surface area contributed by atoms with Crippen molar-refractivity contribution in [3.63, 3.8) is 0 Å². The number of benzene rings is 2. The Morgan fingerprint density at radius 3 is 2.63 bits per heavy atom. The highest BCUT2D eigenvalue weighted by Crippen LogP contribution is 2.33. The van der Waals surface area contributed by atoms with E-state index in [-0.39, 0.29) is 5.91 Å². The second kappa shape index (κ2) is 10.9. The van der Waals surface area contributed by atoms with Gasteiger partial charge in [-0.3, -0.25) is 4.79 Å². The fourth-order valence-corrected chi connectivity index (χ4v) is 5.66. The Morgan fingerprint density at radius 2 is 1.93 bits per heavy atom. The molecule has 3 N–H and O–H groups in total. The van der Waals surface area contributed by atoms with Crippen LogP contribution in [0.25, 0.3) is 28.2 Å². The van der Waals surface area contributed by atoms with Crippen molar-refractivity contribution < 1.29 is 15.0 Å². The Morgan fingerprint density at radius 1 is 1.12 bits per heavy atom. The summed E-state index contributed by atoms with van der Waals surface area (Å²) in [6.45, 7) is 8.66. The number of imidazole rings is 1. The number of carbonyl (C=O) groups excluding carboxylic acids is 1. The number of amides is 1. The maximum Gasteiger partial charge on any atom is 0.254 e. The van der Waals surface area contributed by atoms with E-state index in [4.69, 9.17) is 10.1 Å². The third-order valence-corrected chi connectivity index (χ3v) is 8.08. The van der Waals surface area contributed by atoms with Crippen LogP contribution < -0.4 is 5.32 Å². The maximum absolute atomic E-state index is 13.4. The Kier molecular flexibility index (Phi) is 7.27. The van der Waals surface area contributed by atoms with Gasteiger partial charge < -0.3 is 25.0 Å². The van der Waals surface area contributed by atoms with Crippen molar-refractivity contribution in [3.8, 4) is 22.5 Å². The van der Waals surface area contributed by atoms with E-state index < -0.39 is 11.7 Å². The van der Waals surface area contributed by atoms with Crippen LogP contribution in [0.5, 0.6) is 0 Å². The molecule has 3 aromatic heterocycles. The van der Waals surface area contributed by atoms with E-state index in [9.17, 15) is 15.0 Å². The summed E-state index contributed by atoms with van der Waals surface area (Å²) in [5, 5.41) is 29.3. The molecule has 1 aliphatic rings. The van der Waals surface area contributed by atoms with Crippen molar-refractivity contribution in [1.29, 1.82) is 0 Å². The van der Waals surface area contributed by atoms with Gasteiger partial charge in [0.1, 0.15) is 17.2 Å². The van der Waals surface area contributed by atoms with E-state index in [2.05, 4.69) is 22.4 Å². The summed E-state index contributed by atoms with van der Waals surface area (Å²) >= 11 is 0. The molecule has 1 fully saturated rings. The highest BCUT2D eigenvalue weighted by Gasteiger charge is 2.28. The number of hydrogen-bond donors (Lipinski definition) is 3. The molecule has 0 bridgehead atoms. The topological polar surface area (TPSA) is 121 Å². The summed E-state index contributed by atoms with van der Waals surface area (Å²) in [7, 11) is 1.97. The Bertz CT molecular complexity index is 1830. The number of aliphatic hydroxyl groups excluding tert-OH is 1. The first-order valence-electron chi connectivity index (χ1n) is 14.5. The van der Waals surface area contributed by atoms with Crippen LogP contribution in [-0.4, -0.2) is 64.4 Å². The van der Waals surface area contributed by atoms with E-state index in [1.54, 1.807) is 29.5 Å². The lowest BCUT2D eigenvalue weighted by Crippen LogP contribution is -2.30. The van der Waals surface area contributed by atoms with Crippen molar-refractivity contribution >= 4 is 17.4 Å². The molecule has 0 aliphatic carbocycles. The number of aliphatic hydroxyl groups is 2. The number of anilines is 1. The normalized spacial score (nSPS) is 15.4. The molecule has 0 radical (unpaired) electrons. The zero-order valence-corrected chi connectivity index (χ0v) is 25.2. The molecule has 0 spiro atoms. The molecule has 5 aromatic rings. The number of β-amino-alcohol motifs (C(OH)–C–C–N with tert-alkyl or cyclic N) is 1. The Labute approximate surface area is 250 Å². The van der Waals surface area contributed by atoms with Crippen molar-refractivity contribution in [2.45, 2.75) is 52.4 Å². The summed E-state index contributed by atoms with van der Waals surface area (Å²) in [4.78, 5) is 24.4. The van der Waals surface area contributed by atoms with Gasteiger partial charge in [-0.2, -0.15) is 9.61 Å². The van der Waals surface area contributed by atoms with Gasteiger partial charge in [-0.1, -0.05) is 30.3 Å². The minimum Gasteiger partial charge on any atom is -0.391 e. The zero-order valence-electron chi connectivity index (χ0n) is 25.2. The molecule has 1 atom stereocenters. The zero-order chi connectivity index (χ0) is 30.5. The lowest BCUT2D eigenvalue weighted by Gasteiger charge is -2.19. The van der Waals surface area contributed by atoms with Gasteiger partial charge in [0.15, 0.2) is 5.65 Å². The molecule has 4 heterocycles. The number of hydrogen-bond acceptors (Lipinski definition) is 7. The van der Waals surface area contributed by atoms with Gasteiger partial charge in [0, 0.05) is 61.8 Å². The van der Waals surface area contributed by atoms with Crippen LogP contribution in [-0.2, 0) is 19.2 Å². The van der Waals surface area contributed by atoms with Crippen molar-refractivity contribution in [3.05, 3.63) is 89.0 Å². The minimum atomic E-state index is -1.20. The van der Waals surface area contributed by atoms with Crippen molar-refractivity contribution in [2.75, 3.05) is 18.4 Å². The summed E-state index contributed by atoms with van der Waals surface area (Å²) in [5.74, 6) is 1.49. The van der Waals surface area contributed by atoms with Gasteiger partial charge in [0.05, 0.1) is 17.5 Å². The molecular formula is C33H37N7O3. The highest BCUT2D eigenvalue weighted by molar-refractivity contribution is 5.98. The SMILES string of the molecule is Cc1ccc(-c2c(C)nn3c(NCc4cccc(-c5nccn5C)c4)cc(C(C)(C)O)nc23)cc1C(=O)N1CC[C@H](O)C1. The van der Waals surface area contributed by atoms with E-state index in [0.717, 1.165) is 39.3 Å². The van der Waals surface area contributed by atoms with Crippen LogP contribution in [0.3, 0.4) is 0 Å². The van der Waals surface area contributed by atoms with E-state index in [1.165, 1.54) is 0 Å². The molecule has 6 rings (SSSR count). The second-order valence-corrected chi connectivity index (χ2v) is 11.9. The summed E-state index contributed by atoms with van der Waals surface area (Å²) in [5.41, 5.74) is 5.79. The Hall–Kier alpha value is -4.54. The average molecular weight is 580 g/mol. The first-order valence-corrected chi connectivity index (χ1v) is 14.5. The number of aryl methyl sites for hydroxylation is 3. The first-order chi connectivity index (χ1) is 20.5. The quantitative estimate of drug-likeness (QED) is 0.260. The molecule has 0 saturated carbocycles. The number of aromatic nitrogens is 5. The van der Waals surface area contributed by atoms with Gasteiger partial charge in [0.25, 0.3) is 5.91 Å². The summed E-state index contributed by atoms with van der Waals surface area (Å²) in [6.07, 6.45) is 3.81. The average Bonchev–Trinajstić information content (AvgIpc) is 3.69. The molecule has 1 saturated heterocycles. The predicted molar refractivity (Wildman–Crippen MR) is 166 cm³/mol. The smallest absolute Gasteiger partial charge is 0.254 e.